The minimum absolute atomic E-state index is 0.155. The molecule has 2 rings (SSSR count). The Morgan fingerprint density at radius 1 is 1.43 bits per heavy atom. The van der Waals surface area contributed by atoms with Gasteiger partial charge in [-0.1, -0.05) is 0 Å². The third kappa shape index (κ3) is 3.60. The first-order chi connectivity index (χ1) is 9.99. The number of anilines is 1. The molecule has 0 fully saturated rings. The zero-order valence-corrected chi connectivity index (χ0v) is 12.5. The van der Waals surface area contributed by atoms with E-state index >= 15 is 0 Å². The van der Waals surface area contributed by atoms with E-state index in [1.54, 1.807) is 25.6 Å². The topological polar surface area (TPSA) is 96.3 Å². The maximum Gasteiger partial charge on any atom is 0.338 e. The molecule has 8 heteroatoms. The average molecular weight is 308 g/mol. The molecule has 2 heterocycles. The summed E-state index contributed by atoms with van der Waals surface area (Å²) in [6.45, 7) is 4.58. The van der Waals surface area contributed by atoms with Crippen molar-refractivity contribution in [3.63, 3.8) is 0 Å². The minimum atomic E-state index is -1.04. The number of aromatic nitrogens is 2. The Labute approximate surface area is 125 Å². The number of carboxylic acid groups (broad SMARTS) is 1. The first kappa shape index (κ1) is 15.0. The normalized spacial score (nSPS) is 10.4. The molecule has 2 aromatic rings. The van der Waals surface area contributed by atoms with Crippen LogP contribution in [0, 0.1) is 13.8 Å². The lowest BCUT2D eigenvalue weighted by Crippen LogP contribution is -2.31. The molecule has 21 heavy (non-hydrogen) atoms. The number of amides is 2. The van der Waals surface area contributed by atoms with Gasteiger partial charge in [0.15, 0.2) is 0 Å². The molecular weight excluding hydrogens is 292 g/mol. The van der Waals surface area contributed by atoms with E-state index in [4.69, 9.17) is 0 Å². The fourth-order valence-corrected chi connectivity index (χ4v) is 2.88. The zero-order chi connectivity index (χ0) is 15.4. The molecule has 0 aliphatic carbocycles. The predicted molar refractivity (Wildman–Crippen MR) is 80.0 cm³/mol. The maximum atomic E-state index is 11.8. The summed E-state index contributed by atoms with van der Waals surface area (Å²) in [5.41, 5.74) is 0.837. The number of nitrogens with zero attached hydrogens (tertiary/aromatic N) is 2. The number of aryl methyl sites for hydroxylation is 1. The lowest BCUT2D eigenvalue weighted by Gasteiger charge is -2.07. The average Bonchev–Trinajstić information content (AvgIpc) is 2.99. The van der Waals surface area contributed by atoms with Crippen LogP contribution in [0.25, 0.3) is 0 Å². The second-order valence-electron chi connectivity index (χ2n) is 4.47. The summed E-state index contributed by atoms with van der Waals surface area (Å²) < 4.78 is 1.84. The van der Waals surface area contributed by atoms with Gasteiger partial charge < -0.3 is 15.0 Å². The van der Waals surface area contributed by atoms with Crippen molar-refractivity contribution in [1.82, 2.24) is 14.9 Å². The summed E-state index contributed by atoms with van der Waals surface area (Å²) in [6.07, 6.45) is 5.12. The molecule has 2 aromatic heterocycles. The summed E-state index contributed by atoms with van der Waals surface area (Å²) >= 11 is 1.26. The number of hydrogen-bond acceptors (Lipinski definition) is 4. The van der Waals surface area contributed by atoms with Crippen LogP contribution in [0.1, 0.15) is 20.8 Å². The second kappa shape index (κ2) is 6.40. The Bertz CT molecular complexity index is 649. The van der Waals surface area contributed by atoms with E-state index in [0.717, 1.165) is 4.88 Å². The number of nitrogens with one attached hydrogen (secondary N) is 2. The molecule has 0 saturated carbocycles. The lowest BCUT2D eigenvalue weighted by atomic mass is 10.1. The number of carboxylic acids is 1. The Balaban J connectivity index is 1.93. The SMILES string of the molecule is Cc1sc(NC(=O)NCCn2ccnc2)c(C(=O)O)c1C. The van der Waals surface area contributed by atoms with Crippen LogP contribution in [0.15, 0.2) is 18.7 Å². The molecule has 0 bridgehead atoms. The minimum Gasteiger partial charge on any atom is -0.478 e. The quantitative estimate of drug-likeness (QED) is 0.788. The number of hydrogen-bond donors (Lipinski definition) is 3. The summed E-state index contributed by atoms with van der Waals surface area (Å²) in [7, 11) is 0. The highest BCUT2D eigenvalue weighted by molar-refractivity contribution is 7.16. The zero-order valence-electron chi connectivity index (χ0n) is 11.7. The van der Waals surface area contributed by atoms with Gasteiger partial charge in [0, 0.05) is 30.4 Å². The third-order valence-electron chi connectivity index (χ3n) is 3.04. The number of carbonyl (C=O) groups excluding carboxylic acids is 1. The van der Waals surface area contributed by atoms with Gasteiger partial charge in [0.2, 0.25) is 0 Å². The molecule has 0 spiro atoms. The van der Waals surface area contributed by atoms with Crippen LogP contribution >= 0.6 is 11.3 Å². The van der Waals surface area contributed by atoms with Crippen molar-refractivity contribution in [2.45, 2.75) is 20.4 Å². The highest BCUT2D eigenvalue weighted by atomic mass is 32.1. The van der Waals surface area contributed by atoms with Crippen molar-refractivity contribution in [3.8, 4) is 0 Å². The predicted octanol–water partition coefficient (Wildman–Crippen LogP) is 2.08. The van der Waals surface area contributed by atoms with Crippen LogP contribution in [0.4, 0.5) is 9.80 Å². The van der Waals surface area contributed by atoms with Crippen molar-refractivity contribution in [1.29, 1.82) is 0 Å². The van der Waals surface area contributed by atoms with Gasteiger partial charge >= 0.3 is 12.0 Å². The van der Waals surface area contributed by atoms with Crippen molar-refractivity contribution < 1.29 is 14.7 Å². The molecule has 0 aromatic carbocycles. The van der Waals surface area contributed by atoms with Crippen molar-refractivity contribution in [2.75, 3.05) is 11.9 Å². The fraction of sp³-hybridized carbons (Fsp3) is 0.308. The molecule has 112 valence electrons. The number of thiophene rings is 1. The standard InChI is InChI=1S/C13H16N4O3S/c1-8-9(2)21-11(10(8)12(18)19)16-13(20)15-4-6-17-5-3-14-7-17/h3,5,7H,4,6H2,1-2H3,(H,18,19)(H2,15,16,20). The largest absolute Gasteiger partial charge is 0.478 e. The van der Waals surface area contributed by atoms with E-state index in [0.29, 0.717) is 23.7 Å². The molecule has 0 unspecified atom stereocenters. The van der Waals surface area contributed by atoms with E-state index in [-0.39, 0.29) is 5.56 Å². The van der Waals surface area contributed by atoms with Crippen LogP contribution in [0.2, 0.25) is 0 Å². The summed E-state index contributed by atoms with van der Waals surface area (Å²) in [6, 6.07) is -0.418. The number of aromatic carboxylic acids is 1. The third-order valence-corrected chi connectivity index (χ3v) is 4.16. The Hall–Kier alpha value is -2.35. The van der Waals surface area contributed by atoms with Crippen molar-refractivity contribution in [3.05, 3.63) is 34.7 Å². The van der Waals surface area contributed by atoms with Crippen LogP contribution < -0.4 is 10.6 Å². The van der Waals surface area contributed by atoms with Gasteiger partial charge in [-0.05, 0) is 19.4 Å². The first-order valence-corrected chi connectivity index (χ1v) is 7.14. The van der Waals surface area contributed by atoms with E-state index in [1.165, 1.54) is 11.3 Å². The van der Waals surface area contributed by atoms with E-state index in [9.17, 15) is 14.7 Å². The van der Waals surface area contributed by atoms with Gasteiger partial charge in [-0.15, -0.1) is 11.3 Å². The highest BCUT2D eigenvalue weighted by Gasteiger charge is 2.20. The summed E-state index contributed by atoms with van der Waals surface area (Å²) in [5.74, 6) is -1.04. The summed E-state index contributed by atoms with van der Waals surface area (Å²) in [5, 5.41) is 14.8. The Kier molecular flexibility index (Phi) is 4.59. The first-order valence-electron chi connectivity index (χ1n) is 6.33. The molecule has 0 atom stereocenters. The molecular formula is C13H16N4O3S. The Morgan fingerprint density at radius 3 is 2.81 bits per heavy atom. The molecule has 0 radical (unpaired) electrons. The van der Waals surface area contributed by atoms with Gasteiger partial charge in [0.1, 0.15) is 5.00 Å². The smallest absolute Gasteiger partial charge is 0.338 e. The Morgan fingerprint density at radius 2 is 2.19 bits per heavy atom. The number of imidazole rings is 1. The number of carbonyl (C=O) groups is 2. The van der Waals surface area contributed by atoms with Crippen LogP contribution in [-0.4, -0.2) is 33.2 Å². The monoisotopic (exact) mass is 308 g/mol. The van der Waals surface area contributed by atoms with Gasteiger partial charge in [0.25, 0.3) is 0 Å². The van der Waals surface area contributed by atoms with Gasteiger partial charge in [-0.3, -0.25) is 5.32 Å². The van der Waals surface area contributed by atoms with Crippen LogP contribution in [-0.2, 0) is 6.54 Å². The second-order valence-corrected chi connectivity index (χ2v) is 5.70. The van der Waals surface area contributed by atoms with Crippen molar-refractivity contribution >= 4 is 28.3 Å². The summed E-state index contributed by atoms with van der Waals surface area (Å²) in [4.78, 5) is 27.8. The maximum absolute atomic E-state index is 11.8. The van der Waals surface area contributed by atoms with Gasteiger partial charge in [-0.25, -0.2) is 14.6 Å². The molecule has 3 N–H and O–H groups in total. The van der Waals surface area contributed by atoms with E-state index in [2.05, 4.69) is 15.6 Å². The van der Waals surface area contributed by atoms with Crippen molar-refractivity contribution in [2.24, 2.45) is 0 Å². The van der Waals surface area contributed by atoms with E-state index in [1.807, 2.05) is 11.5 Å². The fourth-order valence-electron chi connectivity index (χ4n) is 1.84. The molecule has 2 amide bonds. The van der Waals surface area contributed by atoms with Gasteiger partial charge in [-0.2, -0.15) is 0 Å². The molecule has 0 aliphatic heterocycles. The highest BCUT2D eigenvalue weighted by Crippen LogP contribution is 2.32. The van der Waals surface area contributed by atoms with Gasteiger partial charge in [0.05, 0.1) is 11.9 Å². The molecule has 0 saturated heterocycles. The molecule has 7 nitrogen and oxygen atoms in total. The van der Waals surface area contributed by atoms with Crippen LogP contribution in [0.3, 0.4) is 0 Å². The molecule has 0 aliphatic rings. The van der Waals surface area contributed by atoms with Crippen LogP contribution in [0.5, 0.6) is 0 Å². The number of rotatable bonds is 5. The van der Waals surface area contributed by atoms with E-state index < -0.39 is 12.0 Å². The lowest BCUT2D eigenvalue weighted by molar-refractivity contribution is 0.0697. The number of urea groups is 1.